The van der Waals surface area contributed by atoms with Gasteiger partial charge < -0.3 is 15.5 Å². The van der Waals surface area contributed by atoms with E-state index in [0.717, 1.165) is 66.1 Å². The maximum Gasteiger partial charge on any atom is 0.272 e. The molecule has 10 heteroatoms. The normalized spacial score (nSPS) is 24.2. The van der Waals surface area contributed by atoms with E-state index >= 15 is 0 Å². The van der Waals surface area contributed by atoms with Gasteiger partial charge in [-0.05, 0) is 63.3 Å². The largest absolute Gasteiger partial charge is 0.351 e. The molecule has 6 heterocycles. The van der Waals surface area contributed by atoms with Crippen LogP contribution in [-0.4, -0.2) is 55.3 Å². The van der Waals surface area contributed by atoms with Gasteiger partial charge in [-0.3, -0.25) is 14.9 Å². The van der Waals surface area contributed by atoms with Crippen LogP contribution in [0.1, 0.15) is 50.6 Å². The Balaban J connectivity index is 1.21. The molecule has 34 heavy (non-hydrogen) atoms. The molecule has 2 bridgehead atoms. The number of carbonyl (C=O) groups is 1. The number of hydrogen-bond donors (Lipinski definition) is 3. The van der Waals surface area contributed by atoms with Crippen LogP contribution in [-0.2, 0) is 4.79 Å². The highest BCUT2D eigenvalue weighted by molar-refractivity contribution is 7.17. The van der Waals surface area contributed by atoms with Crippen LogP contribution in [0.4, 0.5) is 17.6 Å². The molecular formula is C24H28N8OS. The summed E-state index contributed by atoms with van der Waals surface area (Å²) in [6, 6.07) is 4.64. The fraction of sp³-hybridized carbons (Fsp3) is 0.458. The minimum absolute atomic E-state index is 0.0980. The molecule has 2 saturated heterocycles. The zero-order chi connectivity index (χ0) is 23.1. The lowest BCUT2D eigenvalue weighted by molar-refractivity contribution is -0.136. The van der Waals surface area contributed by atoms with Crippen molar-refractivity contribution in [2.45, 2.75) is 70.0 Å². The number of amides is 1. The Labute approximate surface area is 201 Å². The average Bonchev–Trinajstić information content (AvgIpc) is 3.47. The summed E-state index contributed by atoms with van der Waals surface area (Å²) in [5.74, 6) is 2.20. The van der Waals surface area contributed by atoms with Gasteiger partial charge in [0.1, 0.15) is 5.70 Å². The number of fused-ring (bicyclic) bond motifs is 3. The molecule has 3 aromatic rings. The van der Waals surface area contributed by atoms with Crippen molar-refractivity contribution >= 4 is 51.3 Å². The maximum atomic E-state index is 13.3. The molecule has 3 aliphatic rings. The number of anilines is 3. The summed E-state index contributed by atoms with van der Waals surface area (Å²) in [6.45, 7) is 1.97. The van der Waals surface area contributed by atoms with Crippen molar-refractivity contribution in [1.82, 2.24) is 25.1 Å². The van der Waals surface area contributed by atoms with E-state index in [9.17, 15) is 4.79 Å². The van der Waals surface area contributed by atoms with Crippen LogP contribution in [0.5, 0.6) is 0 Å². The Morgan fingerprint density at radius 3 is 2.79 bits per heavy atom. The van der Waals surface area contributed by atoms with E-state index in [4.69, 9.17) is 9.97 Å². The van der Waals surface area contributed by atoms with E-state index in [1.165, 1.54) is 6.42 Å². The van der Waals surface area contributed by atoms with E-state index in [-0.39, 0.29) is 24.0 Å². The van der Waals surface area contributed by atoms with Gasteiger partial charge in [0.05, 0.1) is 10.2 Å². The van der Waals surface area contributed by atoms with Crippen LogP contribution in [0.3, 0.4) is 0 Å². The zero-order valence-electron chi connectivity index (χ0n) is 19.1. The molecule has 3 aliphatic heterocycles. The third-order valence-corrected chi connectivity index (χ3v) is 7.79. The third kappa shape index (κ3) is 4.06. The van der Waals surface area contributed by atoms with Crippen molar-refractivity contribution in [2.24, 2.45) is 4.99 Å². The summed E-state index contributed by atoms with van der Waals surface area (Å²) in [5, 5.41) is 16.2. The SMILES string of the molecule is Cc1cc(Nc2nc(NC3C[C@H]4CCC[C@@H](C3)N4C(=O)C3=CCCC=N3)nc3ccsc23)n[nH]1. The van der Waals surface area contributed by atoms with E-state index in [2.05, 4.69) is 30.7 Å². The fourth-order valence-electron chi connectivity index (χ4n) is 5.41. The van der Waals surface area contributed by atoms with Gasteiger partial charge in [-0.15, -0.1) is 11.3 Å². The van der Waals surface area contributed by atoms with Gasteiger partial charge in [-0.2, -0.15) is 10.1 Å². The van der Waals surface area contributed by atoms with E-state index in [1.807, 2.05) is 36.7 Å². The first-order chi connectivity index (χ1) is 16.6. The quantitative estimate of drug-likeness (QED) is 0.499. The van der Waals surface area contributed by atoms with E-state index in [1.54, 1.807) is 11.3 Å². The van der Waals surface area contributed by atoms with Crippen LogP contribution in [0.2, 0.25) is 0 Å². The topological polar surface area (TPSA) is 111 Å². The Hall–Kier alpha value is -3.27. The average molecular weight is 477 g/mol. The smallest absolute Gasteiger partial charge is 0.272 e. The fourth-order valence-corrected chi connectivity index (χ4v) is 6.19. The molecule has 1 unspecified atom stereocenters. The minimum atomic E-state index is 0.0980. The second kappa shape index (κ2) is 8.83. The Morgan fingerprint density at radius 2 is 2.06 bits per heavy atom. The number of nitrogens with one attached hydrogen (secondary N) is 3. The first kappa shape index (κ1) is 21.3. The number of aromatic amines is 1. The highest BCUT2D eigenvalue weighted by atomic mass is 32.1. The minimum Gasteiger partial charge on any atom is -0.351 e. The molecule has 3 N–H and O–H groups in total. The molecule has 1 amide bonds. The molecule has 9 nitrogen and oxygen atoms in total. The number of thiophene rings is 1. The number of nitrogens with zero attached hydrogens (tertiary/aromatic N) is 5. The van der Waals surface area contributed by atoms with E-state index < -0.39 is 0 Å². The van der Waals surface area contributed by atoms with Crippen molar-refractivity contribution in [3.8, 4) is 0 Å². The van der Waals surface area contributed by atoms with Crippen molar-refractivity contribution in [3.05, 3.63) is 35.0 Å². The van der Waals surface area contributed by atoms with Gasteiger partial charge in [0, 0.05) is 36.1 Å². The number of aromatic nitrogens is 4. The number of rotatable bonds is 5. The Kier molecular flexibility index (Phi) is 5.52. The molecule has 0 radical (unpaired) electrons. The lowest BCUT2D eigenvalue weighted by Crippen LogP contribution is -2.57. The summed E-state index contributed by atoms with van der Waals surface area (Å²) >= 11 is 1.61. The van der Waals surface area contributed by atoms with Crippen LogP contribution < -0.4 is 10.6 Å². The summed E-state index contributed by atoms with van der Waals surface area (Å²) in [5.41, 5.74) is 2.51. The molecule has 3 atom stereocenters. The monoisotopic (exact) mass is 476 g/mol. The molecular weight excluding hydrogens is 448 g/mol. The van der Waals surface area contributed by atoms with Crippen molar-refractivity contribution in [1.29, 1.82) is 0 Å². The lowest BCUT2D eigenvalue weighted by atomic mass is 9.81. The molecule has 0 aliphatic carbocycles. The van der Waals surface area contributed by atoms with Gasteiger partial charge in [0.15, 0.2) is 11.6 Å². The maximum absolute atomic E-state index is 13.3. The highest BCUT2D eigenvalue weighted by Gasteiger charge is 2.42. The predicted molar refractivity (Wildman–Crippen MR) is 135 cm³/mol. The summed E-state index contributed by atoms with van der Waals surface area (Å²) in [4.78, 5) is 29.3. The van der Waals surface area contributed by atoms with Crippen molar-refractivity contribution in [2.75, 3.05) is 10.6 Å². The summed E-state index contributed by atoms with van der Waals surface area (Å²) < 4.78 is 1.00. The molecule has 0 aromatic carbocycles. The van der Waals surface area contributed by atoms with Gasteiger partial charge in [0.2, 0.25) is 5.95 Å². The number of aryl methyl sites for hydroxylation is 1. The standard InChI is InChI=1S/C24H28N8OS/c1-14-11-20(31-30-14)28-22-21-18(8-10-34-21)27-24(29-22)26-15-12-16-5-4-6-17(13-15)32(16)23(33)19-7-2-3-9-25-19/h7-11,15-17H,2-6,12-13H2,1H3,(H3,26,27,28,29,30,31)/t15?,16-,17+. The molecule has 2 fully saturated rings. The Bertz CT molecular complexity index is 1260. The predicted octanol–water partition coefficient (Wildman–Crippen LogP) is 4.54. The first-order valence-electron chi connectivity index (χ1n) is 12.0. The second-order valence-electron chi connectivity index (χ2n) is 9.33. The van der Waals surface area contributed by atoms with Gasteiger partial charge in [-0.1, -0.05) is 6.08 Å². The van der Waals surface area contributed by atoms with Gasteiger partial charge in [0.25, 0.3) is 5.91 Å². The lowest BCUT2D eigenvalue weighted by Gasteiger charge is -2.49. The Morgan fingerprint density at radius 1 is 1.21 bits per heavy atom. The number of allylic oxidation sites excluding steroid dienone is 1. The second-order valence-corrected chi connectivity index (χ2v) is 10.3. The van der Waals surface area contributed by atoms with Crippen LogP contribution in [0.15, 0.2) is 34.3 Å². The summed E-state index contributed by atoms with van der Waals surface area (Å²) in [6.07, 6.45) is 10.7. The van der Waals surface area contributed by atoms with Crippen molar-refractivity contribution < 1.29 is 4.79 Å². The molecule has 6 rings (SSSR count). The summed E-state index contributed by atoms with van der Waals surface area (Å²) in [7, 11) is 0. The van der Waals surface area contributed by atoms with E-state index in [0.29, 0.717) is 11.6 Å². The molecule has 176 valence electrons. The van der Waals surface area contributed by atoms with Crippen molar-refractivity contribution in [3.63, 3.8) is 0 Å². The van der Waals surface area contributed by atoms with Crippen LogP contribution in [0, 0.1) is 6.92 Å². The third-order valence-electron chi connectivity index (χ3n) is 6.88. The van der Waals surface area contributed by atoms with Gasteiger partial charge >= 0.3 is 0 Å². The molecule has 3 aromatic heterocycles. The van der Waals surface area contributed by atoms with Crippen LogP contribution in [0.25, 0.3) is 10.2 Å². The number of carbonyl (C=O) groups excluding carboxylic acids is 1. The number of H-pyrrole nitrogens is 1. The number of hydrogen-bond acceptors (Lipinski definition) is 8. The number of aliphatic imine (C=N–C) groups is 1. The van der Waals surface area contributed by atoms with Gasteiger partial charge in [-0.25, -0.2) is 4.98 Å². The molecule has 0 saturated carbocycles. The first-order valence-corrected chi connectivity index (χ1v) is 12.9. The zero-order valence-corrected chi connectivity index (χ0v) is 19.9. The molecule has 0 spiro atoms. The highest BCUT2D eigenvalue weighted by Crippen LogP contribution is 2.37. The number of piperidine rings is 2. The van der Waals surface area contributed by atoms with Crippen LogP contribution >= 0.6 is 11.3 Å².